The van der Waals surface area contributed by atoms with Gasteiger partial charge in [0.15, 0.2) is 0 Å². The average Bonchev–Trinajstić information content (AvgIpc) is 2.75. The molecule has 0 aliphatic carbocycles. The van der Waals surface area contributed by atoms with Gasteiger partial charge in [-0.1, -0.05) is 22.0 Å². The average molecular weight is 295 g/mol. The molecule has 0 spiro atoms. The second-order valence-electron chi connectivity index (χ2n) is 4.09. The predicted octanol–water partition coefficient (Wildman–Crippen LogP) is 3.26. The summed E-state index contributed by atoms with van der Waals surface area (Å²) in [5.74, 6) is 0.961. The number of benzene rings is 1. The molecule has 2 N–H and O–H groups in total. The second kappa shape index (κ2) is 5.38. The first-order valence-corrected chi connectivity index (χ1v) is 6.19. The van der Waals surface area contributed by atoms with Crippen molar-refractivity contribution >= 4 is 21.6 Å². The van der Waals surface area contributed by atoms with E-state index in [0.29, 0.717) is 0 Å². The normalized spacial score (nSPS) is 11.0. The fourth-order valence-electron chi connectivity index (χ4n) is 1.73. The summed E-state index contributed by atoms with van der Waals surface area (Å²) in [5, 5.41) is 0. The lowest BCUT2D eigenvalue weighted by molar-refractivity contribution is 0.288. The van der Waals surface area contributed by atoms with Crippen LogP contribution in [0.25, 0.3) is 0 Å². The maximum Gasteiger partial charge on any atom is 0.117 e. The molecule has 17 heavy (non-hydrogen) atoms. The molecule has 0 saturated heterocycles. The summed E-state index contributed by atoms with van der Waals surface area (Å²) in [7, 11) is 2.05. The Balaban J connectivity index is 2.00. The Morgan fingerprint density at radius 2 is 2.12 bits per heavy atom. The SMILES string of the molecule is CN(Cc1ccco1)Cc1ccc(Br)cc1N. The zero-order valence-electron chi connectivity index (χ0n) is 9.69. The summed E-state index contributed by atoms with van der Waals surface area (Å²) in [5.41, 5.74) is 7.90. The number of hydrogen-bond donors (Lipinski definition) is 1. The number of hydrogen-bond acceptors (Lipinski definition) is 3. The van der Waals surface area contributed by atoms with Gasteiger partial charge < -0.3 is 10.2 Å². The molecule has 0 radical (unpaired) electrons. The highest BCUT2D eigenvalue weighted by Crippen LogP contribution is 2.20. The van der Waals surface area contributed by atoms with E-state index in [9.17, 15) is 0 Å². The number of furan rings is 1. The Kier molecular flexibility index (Phi) is 3.86. The molecule has 3 nitrogen and oxygen atoms in total. The van der Waals surface area contributed by atoms with Crippen LogP contribution in [0.2, 0.25) is 0 Å². The molecular weight excluding hydrogens is 280 g/mol. The van der Waals surface area contributed by atoms with Gasteiger partial charge >= 0.3 is 0 Å². The summed E-state index contributed by atoms with van der Waals surface area (Å²) >= 11 is 3.40. The highest BCUT2D eigenvalue weighted by molar-refractivity contribution is 9.10. The van der Waals surface area contributed by atoms with Crippen LogP contribution in [0.3, 0.4) is 0 Å². The Labute approximate surface area is 109 Å². The fraction of sp³-hybridized carbons (Fsp3) is 0.231. The van der Waals surface area contributed by atoms with Crippen molar-refractivity contribution in [1.29, 1.82) is 0 Å². The Hall–Kier alpha value is -1.26. The molecule has 0 bridgehead atoms. The number of nitrogens with two attached hydrogens (primary N) is 1. The monoisotopic (exact) mass is 294 g/mol. The number of anilines is 1. The molecule has 0 amide bonds. The molecule has 0 aliphatic heterocycles. The van der Waals surface area contributed by atoms with Crippen LogP contribution in [-0.2, 0) is 13.1 Å². The van der Waals surface area contributed by atoms with Crippen LogP contribution in [-0.4, -0.2) is 11.9 Å². The molecule has 90 valence electrons. The number of halogens is 1. The summed E-state index contributed by atoms with van der Waals surface area (Å²) in [4.78, 5) is 2.17. The van der Waals surface area contributed by atoms with Crippen molar-refractivity contribution in [1.82, 2.24) is 4.90 Å². The van der Waals surface area contributed by atoms with Crippen LogP contribution in [0, 0.1) is 0 Å². The van der Waals surface area contributed by atoms with E-state index in [0.717, 1.165) is 34.6 Å². The minimum Gasteiger partial charge on any atom is -0.468 e. The van der Waals surface area contributed by atoms with E-state index in [1.807, 2.05) is 37.4 Å². The quantitative estimate of drug-likeness (QED) is 0.880. The van der Waals surface area contributed by atoms with Gasteiger partial charge in [-0.3, -0.25) is 4.90 Å². The van der Waals surface area contributed by atoms with Gasteiger partial charge in [0.25, 0.3) is 0 Å². The van der Waals surface area contributed by atoms with Crippen molar-refractivity contribution in [2.45, 2.75) is 13.1 Å². The summed E-state index contributed by atoms with van der Waals surface area (Å²) in [6.07, 6.45) is 1.69. The van der Waals surface area contributed by atoms with Gasteiger partial charge in [0, 0.05) is 16.7 Å². The number of nitrogens with zero attached hydrogens (tertiary/aromatic N) is 1. The van der Waals surface area contributed by atoms with Gasteiger partial charge in [0.2, 0.25) is 0 Å². The van der Waals surface area contributed by atoms with E-state index >= 15 is 0 Å². The standard InChI is InChI=1S/C13H15BrN2O/c1-16(9-12-3-2-6-17-12)8-10-4-5-11(14)7-13(10)15/h2-7H,8-9,15H2,1H3. The molecule has 1 aromatic heterocycles. The lowest BCUT2D eigenvalue weighted by Gasteiger charge is -2.16. The fourth-order valence-corrected chi connectivity index (χ4v) is 2.10. The Bertz CT molecular complexity index is 482. The van der Waals surface area contributed by atoms with Crippen LogP contribution in [0.5, 0.6) is 0 Å². The third kappa shape index (κ3) is 3.35. The molecule has 1 heterocycles. The second-order valence-corrected chi connectivity index (χ2v) is 5.01. The molecule has 0 atom stereocenters. The molecule has 1 aromatic carbocycles. The molecular formula is C13H15BrN2O. The minimum absolute atomic E-state index is 0.780. The largest absolute Gasteiger partial charge is 0.468 e. The highest BCUT2D eigenvalue weighted by atomic mass is 79.9. The molecule has 0 unspecified atom stereocenters. The lowest BCUT2D eigenvalue weighted by atomic mass is 10.1. The molecule has 2 rings (SSSR count). The summed E-state index contributed by atoms with van der Waals surface area (Å²) < 4.78 is 6.32. The van der Waals surface area contributed by atoms with E-state index in [1.54, 1.807) is 6.26 Å². The Morgan fingerprint density at radius 3 is 2.76 bits per heavy atom. The van der Waals surface area contributed by atoms with E-state index in [-0.39, 0.29) is 0 Å². The molecule has 4 heteroatoms. The summed E-state index contributed by atoms with van der Waals surface area (Å²) in [6.45, 7) is 1.59. The number of nitrogen functional groups attached to an aromatic ring is 1. The van der Waals surface area contributed by atoms with Crippen molar-refractivity contribution in [2.75, 3.05) is 12.8 Å². The zero-order chi connectivity index (χ0) is 12.3. The van der Waals surface area contributed by atoms with Crippen molar-refractivity contribution in [2.24, 2.45) is 0 Å². The third-order valence-corrected chi connectivity index (χ3v) is 3.05. The first-order valence-electron chi connectivity index (χ1n) is 5.40. The maximum atomic E-state index is 5.96. The number of rotatable bonds is 4. The van der Waals surface area contributed by atoms with E-state index in [4.69, 9.17) is 10.2 Å². The van der Waals surface area contributed by atoms with Crippen LogP contribution < -0.4 is 5.73 Å². The van der Waals surface area contributed by atoms with Gasteiger partial charge in [-0.25, -0.2) is 0 Å². The van der Waals surface area contributed by atoms with Crippen molar-refractivity contribution < 1.29 is 4.42 Å². The Morgan fingerprint density at radius 1 is 1.29 bits per heavy atom. The zero-order valence-corrected chi connectivity index (χ0v) is 11.3. The van der Waals surface area contributed by atoms with Crippen molar-refractivity contribution in [3.63, 3.8) is 0 Å². The van der Waals surface area contributed by atoms with Gasteiger partial charge in [-0.15, -0.1) is 0 Å². The third-order valence-electron chi connectivity index (χ3n) is 2.55. The van der Waals surface area contributed by atoms with Crippen LogP contribution in [0.1, 0.15) is 11.3 Å². The summed E-state index contributed by atoms with van der Waals surface area (Å²) in [6, 6.07) is 9.85. The van der Waals surface area contributed by atoms with Crippen molar-refractivity contribution in [3.8, 4) is 0 Å². The molecule has 0 fully saturated rings. The minimum atomic E-state index is 0.780. The van der Waals surface area contributed by atoms with E-state index < -0.39 is 0 Å². The van der Waals surface area contributed by atoms with Gasteiger partial charge in [-0.2, -0.15) is 0 Å². The highest BCUT2D eigenvalue weighted by Gasteiger charge is 2.06. The van der Waals surface area contributed by atoms with Crippen LogP contribution in [0.15, 0.2) is 45.5 Å². The lowest BCUT2D eigenvalue weighted by Crippen LogP contribution is -2.17. The smallest absolute Gasteiger partial charge is 0.117 e. The van der Waals surface area contributed by atoms with Gasteiger partial charge in [0.05, 0.1) is 12.8 Å². The van der Waals surface area contributed by atoms with Gasteiger partial charge in [-0.05, 0) is 36.9 Å². The van der Waals surface area contributed by atoms with Gasteiger partial charge in [0.1, 0.15) is 5.76 Å². The molecule has 0 saturated carbocycles. The maximum absolute atomic E-state index is 5.96. The molecule has 2 aromatic rings. The first kappa shape index (κ1) is 12.2. The van der Waals surface area contributed by atoms with E-state index in [2.05, 4.69) is 20.8 Å². The predicted molar refractivity (Wildman–Crippen MR) is 72.4 cm³/mol. The van der Waals surface area contributed by atoms with Crippen molar-refractivity contribution in [3.05, 3.63) is 52.4 Å². The van der Waals surface area contributed by atoms with Crippen LogP contribution in [0.4, 0.5) is 5.69 Å². The topological polar surface area (TPSA) is 42.4 Å². The molecule has 0 aliphatic rings. The van der Waals surface area contributed by atoms with E-state index in [1.165, 1.54) is 0 Å². The van der Waals surface area contributed by atoms with Crippen LogP contribution >= 0.6 is 15.9 Å². The first-order chi connectivity index (χ1) is 8.15.